The summed E-state index contributed by atoms with van der Waals surface area (Å²) in [7, 11) is 0. The third-order valence-electron chi connectivity index (χ3n) is 6.56. The molecule has 2 saturated heterocycles. The van der Waals surface area contributed by atoms with Gasteiger partial charge < -0.3 is 19.8 Å². The Labute approximate surface area is 198 Å². The zero-order chi connectivity index (χ0) is 23.5. The Balaban J connectivity index is 1.30. The molecule has 2 aromatic heterocycles. The van der Waals surface area contributed by atoms with Gasteiger partial charge in [-0.15, -0.1) is 0 Å². The number of H-pyrrole nitrogens is 1. The molecule has 4 heterocycles. The fraction of sp³-hybridized carbons (Fsp3) is 0.480. The summed E-state index contributed by atoms with van der Waals surface area (Å²) in [6, 6.07) is 6.20. The topological polar surface area (TPSA) is 88.2 Å². The normalized spacial score (nSPS) is 21.5. The van der Waals surface area contributed by atoms with Crippen LogP contribution in [0.25, 0.3) is 11.4 Å². The van der Waals surface area contributed by atoms with E-state index in [4.69, 9.17) is 9.47 Å². The van der Waals surface area contributed by atoms with Crippen molar-refractivity contribution in [1.29, 1.82) is 0 Å². The van der Waals surface area contributed by atoms with E-state index in [0.29, 0.717) is 18.2 Å². The van der Waals surface area contributed by atoms with Gasteiger partial charge in [0.25, 0.3) is 0 Å². The molecule has 180 valence electrons. The average Bonchev–Trinajstić information content (AvgIpc) is 3.33. The molecule has 2 aliphatic heterocycles. The Hall–Kier alpha value is -2.88. The van der Waals surface area contributed by atoms with Crippen molar-refractivity contribution in [3.05, 3.63) is 53.4 Å². The smallest absolute Gasteiger partial charge is 0.227 e. The number of nitrogens with one attached hydrogen (secondary N) is 2. The van der Waals surface area contributed by atoms with E-state index < -0.39 is 5.82 Å². The first-order valence-corrected chi connectivity index (χ1v) is 11.9. The molecule has 0 amide bonds. The summed E-state index contributed by atoms with van der Waals surface area (Å²) in [5, 5.41) is 3.22. The van der Waals surface area contributed by atoms with Crippen LogP contribution in [-0.2, 0) is 16.0 Å². The predicted molar refractivity (Wildman–Crippen MR) is 128 cm³/mol. The lowest BCUT2D eigenvalue weighted by atomic mass is 9.96. The second-order valence-corrected chi connectivity index (χ2v) is 9.13. The van der Waals surface area contributed by atoms with E-state index in [2.05, 4.69) is 56.1 Å². The number of hydrogen-bond donors (Lipinski definition) is 2. The van der Waals surface area contributed by atoms with Crippen LogP contribution >= 0.6 is 0 Å². The highest BCUT2D eigenvalue weighted by molar-refractivity contribution is 5.60. The Morgan fingerprint density at radius 2 is 2.03 bits per heavy atom. The number of ether oxygens (including phenoxy) is 2. The lowest BCUT2D eigenvalue weighted by Gasteiger charge is -2.27. The lowest BCUT2D eigenvalue weighted by Crippen LogP contribution is -2.35. The average molecular weight is 467 g/mol. The van der Waals surface area contributed by atoms with Crippen LogP contribution in [0.15, 0.2) is 30.6 Å². The maximum atomic E-state index is 14.6. The number of aromatic amines is 1. The number of rotatable bonds is 6. The molecule has 2 atom stereocenters. The Morgan fingerprint density at radius 3 is 2.82 bits per heavy atom. The van der Waals surface area contributed by atoms with Gasteiger partial charge in [0.2, 0.25) is 5.95 Å². The third-order valence-corrected chi connectivity index (χ3v) is 6.56. The standard InChI is InChI=1S/C25H31FN6O2/c1-16-11-20(4-3-19(16)15-32-6-9-33-10-7-32)29-25-28-13-21(26)23(31-25)22-14-27-24(30-22)18-5-8-34-17(2)12-18/h3-4,11,13-14,17-18H,5-10,12,15H2,1-2H3,(H,27,30)(H,28,29,31). The Morgan fingerprint density at radius 1 is 1.18 bits per heavy atom. The molecule has 0 aliphatic carbocycles. The van der Waals surface area contributed by atoms with Crippen LogP contribution in [0.2, 0.25) is 0 Å². The summed E-state index contributed by atoms with van der Waals surface area (Å²) in [6.07, 6.45) is 4.84. The molecule has 2 unspecified atom stereocenters. The van der Waals surface area contributed by atoms with Crippen LogP contribution in [0.5, 0.6) is 0 Å². The van der Waals surface area contributed by atoms with Gasteiger partial charge in [0.05, 0.1) is 37.4 Å². The van der Waals surface area contributed by atoms with Gasteiger partial charge in [-0.25, -0.2) is 19.3 Å². The number of aromatic nitrogens is 4. The quantitative estimate of drug-likeness (QED) is 0.564. The fourth-order valence-corrected chi connectivity index (χ4v) is 4.61. The summed E-state index contributed by atoms with van der Waals surface area (Å²) in [5.41, 5.74) is 4.08. The molecule has 2 N–H and O–H groups in total. The molecule has 0 spiro atoms. The number of hydrogen-bond acceptors (Lipinski definition) is 7. The molecule has 9 heteroatoms. The van der Waals surface area contributed by atoms with Gasteiger partial charge in [-0.2, -0.15) is 0 Å². The molecule has 34 heavy (non-hydrogen) atoms. The van der Waals surface area contributed by atoms with E-state index in [1.807, 2.05) is 6.07 Å². The predicted octanol–water partition coefficient (Wildman–Crippen LogP) is 4.17. The zero-order valence-electron chi connectivity index (χ0n) is 19.7. The number of aryl methyl sites for hydroxylation is 1. The zero-order valence-corrected chi connectivity index (χ0v) is 19.7. The maximum Gasteiger partial charge on any atom is 0.227 e. The van der Waals surface area contributed by atoms with Crippen molar-refractivity contribution >= 4 is 11.6 Å². The first-order chi connectivity index (χ1) is 16.5. The highest BCUT2D eigenvalue weighted by atomic mass is 19.1. The minimum absolute atomic E-state index is 0.197. The summed E-state index contributed by atoms with van der Waals surface area (Å²) < 4.78 is 25.7. The van der Waals surface area contributed by atoms with E-state index in [1.54, 1.807) is 6.20 Å². The van der Waals surface area contributed by atoms with Gasteiger partial charge in [0.1, 0.15) is 11.5 Å². The number of nitrogens with zero attached hydrogens (tertiary/aromatic N) is 4. The van der Waals surface area contributed by atoms with Gasteiger partial charge >= 0.3 is 0 Å². The molecule has 0 radical (unpaired) electrons. The number of benzene rings is 1. The molecule has 2 aliphatic rings. The van der Waals surface area contributed by atoms with E-state index in [9.17, 15) is 4.39 Å². The van der Waals surface area contributed by atoms with Crippen LogP contribution < -0.4 is 5.32 Å². The summed E-state index contributed by atoms with van der Waals surface area (Å²) in [4.78, 5) is 18.8. The van der Waals surface area contributed by atoms with Crippen molar-refractivity contribution in [3.63, 3.8) is 0 Å². The minimum atomic E-state index is -0.488. The molecule has 8 nitrogen and oxygen atoms in total. The number of imidazole rings is 1. The van der Waals surface area contributed by atoms with Gasteiger partial charge in [-0.3, -0.25) is 4.90 Å². The first kappa shape index (κ1) is 22.9. The molecule has 5 rings (SSSR count). The molecular formula is C25H31FN6O2. The van der Waals surface area contributed by atoms with Crippen molar-refractivity contribution in [2.75, 3.05) is 38.2 Å². The molecule has 0 saturated carbocycles. The molecule has 2 fully saturated rings. The highest BCUT2D eigenvalue weighted by Crippen LogP contribution is 2.30. The molecule has 0 bridgehead atoms. The fourth-order valence-electron chi connectivity index (χ4n) is 4.61. The summed E-state index contributed by atoms with van der Waals surface area (Å²) in [6.45, 7) is 9.26. The summed E-state index contributed by atoms with van der Waals surface area (Å²) >= 11 is 0. The lowest BCUT2D eigenvalue weighted by molar-refractivity contribution is 0.0174. The van der Waals surface area contributed by atoms with Crippen molar-refractivity contribution < 1.29 is 13.9 Å². The maximum absolute atomic E-state index is 14.6. The monoisotopic (exact) mass is 466 g/mol. The first-order valence-electron chi connectivity index (χ1n) is 11.9. The van der Waals surface area contributed by atoms with E-state index in [-0.39, 0.29) is 17.7 Å². The highest BCUT2D eigenvalue weighted by Gasteiger charge is 2.24. The molecule has 3 aromatic rings. The SMILES string of the molecule is Cc1cc(Nc2ncc(F)c(-c3cnc(C4CCOC(C)C4)[nH]3)n2)ccc1CN1CCOCC1. The van der Waals surface area contributed by atoms with E-state index in [0.717, 1.165) is 57.2 Å². The van der Waals surface area contributed by atoms with E-state index in [1.165, 1.54) is 17.3 Å². The van der Waals surface area contributed by atoms with Crippen molar-refractivity contribution in [3.8, 4) is 11.4 Å². The van der Waals surface area contributed by atoms with Crippen LogP contribution in [0.1, 0.15) is 42.6 Å². The number of morpholine rings is 1. The van der Waals surface area contributed by atoms with Crippen LogP contribution in [0, 0.1) is 12.7 Å². The van der Waals surface area contributed by atoms with Gasteiger partial charge in [-0.05, 0) is 49.9 Å². The molecular weight excluding hydrogens is 435 g/mol. The minimum Gasteiger partial charge on any atom is -0.379 e. The van der Waals surface area contributed by atoms with Crippen LogP contribution in [0.4, 0.5) is 16.0 Å². The van der Waals surface area contributed by atoms with Gasteiger partial charge in [-0.1, -0.05) is 6.07 Å². The van der Waals surface area contributed by atoms with Crippen molar-refractivity contribution in [2.24, 2.45) is 0 Å². The van der Waals surface area contributed by atoms with Crippen molar-refractivity contribution in [1.82, 2.24) is 24.8 Å². The number of halogens is 1. The van der Waals surface area contributed by atoms with Gasteiger partial charge in [0, 0.05) is 37.8 Å². The number of anilines is 2. The van der Waals surface area contributed by atoms with Crippen molar-refractivity contribution in [2.45, 2.75) is 45.3 Å². The van der Waals surface area contributed by atoms with Crippen LogP contribution in [0.3, 0.4) is 0 Å². The summed E-state index contributed by atoms with van der Waals surface area (Å²) in [5.74, 6) is 0.980. The Bertz CT molecular complexity index is 1130. The third kappa shape index (κ3) is 5.27. The second kappa shape index (κ2) is 10.2. The second-order valence-electron chi connectivity index (χ2n) is 9.13. The van der Waals surface area contributed by atoms with Gasteiger partial charge in [0.15, 0.2) is 5.82 Å². The Kier molecular flexibility index (Phi) is 6.85. The molecule has 1 aromatic carbocycles. The largest absolute Gasteiger partial charge is 0.379 e. The van der Waals surface area contributed by atoms with Crippen LogP contribution in [-0.4, -0.2) is 63.8 Å². The van der Waals surface area contributed by atoms with E-state index >= 15 is 0 Å².